The van der Waals surface area contributed by atoms with Gasteiger partial charge in [0.15, 0.2) is 0 Å². The SMILES string of the molecule is c1ccc(C2(c3ccc(N(c4ccc5sc6ccccc6c5c4)c4cccc5c4C(c4ccccc4)(c4ccccc4)c4ccccc4-5)cc3)c3ccccc3-c3ccccc32)cc1. The average molecular weight is 832 g/mol. The van der Waals surface area contributed by atoms with Gasteiger partial charge >= 0.3 is 0 Å². The Balaban J connectivity index is 1.10. The fourth-order valence-corrected chi connectivity index (χ4v) is 12.6. The molecule has 2 heteroatoms. The summed E-state index contributed by atoms with van der Waals surface area (Å²) in [6, 6.07) is 92.8. The highest BCUT2D eigenvalue weighted by Crippen LogP contribution is 2.61. The molecule has 1 nitrogen and oxygen atoms in total. The molecule has 2 aliphatic rings. The van der Waals surface area contributed by atoms with E-state index in [1.165, 1.54) is 86.9 Å². The second-order valence-corrected chi connectivity index (χ2v) is 18.2. The molecular weight excluding hydrogens is 791 g/mol. The fourth-order valence-electron chi connectivity index (χ4n) is 11.5. The van der Waals surface area contributed by atoms with Crippen molar-refractivity contribution in [2.75, 3.05) is 4.90 Å². The van der Waals surface area contributed by atoms with Gasteiger partial charge < -0.3 is 4.90 Å². The van der Waals surface area contributed by atoms with Gasteiger partial charge in [-0.15, -0.1) is 11.3 Å². The third-order valence-corrected chi connectivity index (χ3v) is 15.2. The van der Waals surface area contributed by atoms with E-state index < -0.39 is 10.8 Å². The van der Waals surface area contributed by atoms with Crippen LogP contribution in [0.1, 0.15) is 44.5 Å². The smallest absolute Gasteiger partial charge is 0.0734 e. The van der Waals surface area contributed by atoms with Crippen LogP contribution in [0.2, 0.25) is 0 Å². The van der Waals surface area contributed by atoms with E-state index in [9.17, 15) is 0 Å². The minimum absolute atomic E-state index is 0.488. The summed E-state index contributed by atoms with van der Waals surface area (Å²) in [5, 5.41) is 2.56. The van der Waals surface area contributed by atoms with Crippen molar-refractivity contribution in [3.8, 4) is 22.3 Å². The normalized spacial score (nSPS) is 13.9. The molecule has 0 fully saturated rings. The van der Waals surface area contributed by atoms with Gasteiger partial charge in [0.25, 0.3) is 0 Å². The van der Waals surface area contributed by atoms with Crippen LogP contribution in [0.4, 0.5) is 17.1 Å². The summed E-state index contributed by atoms with van der Waals surface area (Å²) in [5.74, 6) is 0. The van der Waals surface area contributed by atoms with Crippen LogP contribution in [-0.4, -0.2) is 0 Å². The molecule has 1 heterocycles. The minimum Gasteiger partial charge on any atom is -0.310 e. The quantitative estimate of drug-likeness (QED) is 0.155. The molecule has 300 valence electrons. The maximum Gasteiger partial charge on any atom is 0.0734 e. The van der Waals surface area contributed by atoms with Crippen molar-refractivity contribution < 1.29 is 0 Å². The molecule has 0 unspecified atom stereocenters. The van der Waals surface area contributed by atoms with Crippen LogP contribution in [0.15, 0.2) is 249 Å². The lowest BCUT2D eigenvalue weighted by molar-refractivity contribution is 0.766. The summed E-state index contributed by atoms with van der Waals surface area (Å²) in [4.78, 5) is 2.53. The summed E-state index contributed by atoms with van der Waals surface area (Å²) in [6.07, 6.45) is 0. The number of hydrogen-bond donors (Lipinski definition) is 0. The van der Waals surface area contributed by atoms with E-state index >= 15 is 0 Å². The summed E-state index contributed by atoms with van der Waals surface area (Å²) in [7, 11) is 0. The van der Waals surface area contributed by atoms with E-state index in [2.05, 4.69) is 254 Å². The molecule has 1 aromatic heterocycles. The van der Waals surface area contributed by atoms with Gasteiger partial charge in [0, 0.05) is 37.1 Å². The molecule has 0 amide bonds. The first-order valence-electron chi connectivity index (χ1n) is 22.2. The van der Waals surface area contributed by atoms with Crippen LogP contribution < -0.4 is 4.90 Å². The van der Waals surface area contributed by atoms with E-state index in [1.54, 1.807) is 0 Å². The highest BCUT2D eigenvalue weighted by molar-refractivity contribution is 7.25. The molecule has 0 spiro atoms. The molecule has 0 saturated carbocycles. The molecule has 0 saturated heterocycles. The van der Waals surface area contributed by atoms with Gasteiger partial charge in [0.2, 0.25) is 0 Å². The predicted molar refractivity (Wildman–Crippen MR) is 269 cm³/mol. The summed E-state index contributed by atoms with van der Waals surface area (Å²) >= 11 is 1.86. The number of nitrogens with zero attached hydrogens (tertiary/aromatic N) is 1. The lowest BCUT2D eigenvalue weighted by atomic mass is 9.67. The third kappa shape index (κ3) is 5.12. The highest BCUT2D eigenvalue weighted by atomic mass is 32.1. The van der Waals surface area contributed by atoms with Crippen molar-refractivity contribution in [1.82, 2.24) is 0 Å². The largest absolute Gasteiger partial charge is 0.310 e. The maximum atomic E-state index is 2.53. The lowest BCUT2D eigenvalue weighted by Crippen LogP contribution is -2.30. The van der Waals surface area contributed by atoms with Gasteiger partial charge in [-0.25, -0.2) is 0 Å². The molecule has 0 aliphatic heterocycles. The van der Waals surface area contributed by atoms with Crippen molar-refractivity contribution in [2.24, 2.45) is 0 Å². The predicted octanol–water partition coefficient (Wildman–Crippen LogP) is 16.3. The van der Waals surface area contributed by atoms with Gasteiger partial charge in [-0.05, 0) is 104 Å². The van der Waals surface area contributed by atoms with E-state index in [1.807, 2.05) is 11.3 Å². The highest BCUT2D eigenvalue weighted by Gasteiger charge is 2.49. The molecule has 0 bridgehead atoms. The monoisotopic (exact) mass is 831 g/mol. The van der Waals surface area contributed by atoms with Crippen molar-refractivity contribution in [2.45, 2.75) is 10.8 Å². The zero-order chi connectivity index (χ0) is 42.2. The number of hydrogen-bond acceptors (Lipinski definition) is 2. The Morgan fingerprint density at radius 1 is 0.297 bits per heavy atom. The van der Waals surface area contributed by atoms with Gasteiger partial charge in [0.05, 0.1) is 16.5 Å². The van der Waals surface area contributed by atoms with Gasteiger partial charge in [-0.3, -0.25) is 0 Å². The van der Waals surface area contributed by atoms with E-state index in [4.69, 9.17) is 0 Å². The average Bonchev–Trinajstić information content (AvgIpc) is 4.01. The van der Waals surface area contributed by atoms with Crippen molar-refractivity contribution in [1.29, 1.82) is 0 Å². The topological polar surface area (TPSA) is 3.24 Å². The van der Waals surface area contributed by atoms with Gasteiger partial charge in [-0.2, -0.15) is 0 Å². The second kappa shape index (κ2) is 14.4. The maximum absolute atomic E-state index is 2.53. The minimum atomic E-state index is -0.586. The summed E-state index contributed by atoms with van der Waals surface area (Å²) in [5.41, 5.74) is 17.6. The molecule has 13 rings (SSSR count). The van der Waals surface area contributed by atoms with E-state index in [-0.39, 0.29) is 0 Å². The molecule has 0 N–H and O–H groups in total. The molecular formula is C62H41NS. The zero-order valence-electron chi connectivity index (χ0n) is 35.0. The van der Waals surface area contributed by atoms with Crippen LogP contribution in [0.3, 0.4) is 0 Å². The number of thiophene rings is 1. The molecule has 0 atom stereocenters. The summed E-state index contributed by atoms with van der Waals surface area (Å²) < 4.78 is 2.59. The third-order valence-electron chi connectivity index (χ3n) is 14.0. The van der Waals surface area contributed by atoms with Crippen LogP contribution in [0.5, 0.6) is 0 Å². The molecule has 64 heavy (non-hydrogen) atoms. The number of anilines is 3. The Morgan fingerprint density at radius 3 is 1.34 bits per heavy atom. The zero-order valence-corrected chi connectivity index (χ0v) is 35.8. The second-order valence-electron chi connectivity index (χ2n) is 17.1. The first-order chi connectivity index (χ1) is 31.8. The Hall–Kier alpha value is -7.78. The van der Waals surface area contributed by atoms with Crippen molar-refractivity contribution >= 4 is 48.6 Å². The fraction of sp³-hybridized carbons (Fsp3) is 0.0323. The van der Waals surface area contributed by atoms with Crippen LogP contribution in [0.25, 0.3) is 42.4 Å². The lowest BCUT2D eigenvalue weighted by Gasteiger charge is -2.38. The Labute approximate surface area is 377 Å². The van der Waals surface area contributed by atoms with Gasteiger partial charge in [0.1, 0.15) is 0 Å². The first kappa shape index (κ1) is 36.8. The molecule has 11 aromatic rings. The molecule has 0 radical (unpaired) electrons. The molecule has 2 aliphatic carbocycles. The van der Waals surface area contributed by atoms with Crippen LogP contribution in [-0.2, 0) is 10.8 Å². The first-order valence-corrected chi connectivity index (χ1v) is 23.0. The van der Waals surface area contributed by atoms with Crippen molar-refractivity contribution in [3.05, 3.63) is 293 Å². The van der Waals surface area contributed by atoms with E-state index in [0.717, 1.165) is 17.1 Å². The van der Waals surface area contributed by atoms with Gasteiger partial charge in [-0.1, -0.05) is 206 Å². The number of benzene rings is 10. The van der Waals surface area contributed by atoms with Crippen LogP contribution >= 0.6 is 11.3 Å². The standard InChI is InChI=1S/C62H41NS/c1-4-19-42(20-5-1)61(54-30-14-10-25-48(54)49-26-11-15-31-55(49)61)45-35-37-46(38-36-45)63(47-39-40-59-53(41-47)51-28-13-17-34-58(51)64-59)57-33-18-29-52-50-27-12-16-32-56(50)62(60(52)57,43-21-6-2-7-22-43)44-23-8-3-9-24-44/h1-41H. The van der Waals surface area contributed by atoms with E-state index in [0.29, 0.717) is 0 Å². The Kier molecular flexibility index (Phi) is 8.28. The summed E-state index contributed by atoms with van der Waals surface area (Å²) in [6.45, 7) is 0. The van der Waals surface area contributed by atoms with Crippen LogP contribution in [0, 0.1) is 0 Å². The Bertz CT molecular complexity index is 3470. The Morgan fingerprint density at radius 2 is 0.734 bits per heavy atom. The number of fused-ring (bicyclic) bond motifs is 9. The van der Waals surface area contributed by atoms with Crippen molar-refractivity contribution in [3.63, 3.8) is 0 Å². The number of rotatable bonds is 7. The molecule has 10 aromatic carbocycles.